The number of anilines is 1. The van der Waals surface area contributed by atoms with Crippen molar-refractivity contribution in [1.82, 2.24) is 24.3 Å². The Bertz CT molecular complexity index is 1870. The van der Waals surface area contributed by atoms with Crippen LogP contribution in [0.25, 0.3) is 5.00 Å². The van der Waals surface area contributed by atoms with Crippen molar-refractivity contribution in [3.05, 3.63) is 111 Å². The van der Waals surface area contributed by atoms with Crippen LogP contribution < -0.4 is 5.32 Å². The summed E-state index contributed by atoms with van der Waals surface area (Å²) in [5.41, 5.74) is 6.27. The van der Waals surface area contributed by atoms with Crippen LogP contribution in [0, 0.1) is 32.6 Å². The van der Waals surface area contributed by atoms with E-state index in [1.165, 1.54) is 0 Å². The van der Waals surface area contributed by atoms with E-state index in [4.69, 9.17) is 16.6 Å². The van der Waals surface area contributed by atoms with Gasteiger partial charge in [-0.3, -0.25) is 14.4 Å². The summed E-state index contributed by atoms with van der Waals surface area (Å²) in [6.45, 7) is 5.97. The second-order valence-corrected chi connectivity index (χ2v) is 11.4. The number of thiophene rings is 1. The first-order valence-electron chi connectivity index (χ1n) is 13.0. The standard InChI is InChI=1S/C31H26ClN7OS/c1-18-5-11-23(12-6-18)34-27(40)15-25-30-37-36-20(3)39(30)31-28(29(35-25)21-7-9-22(32)10-8-21)19(2)26(41-31)14-13-24-16-33-17-38(24)4/h5-12,16-17,25H,15H2,1-4H3,(H,34,40)/t25-/m0/s1. The number of aliphatic imine (C=N–C) groups is 1. The highest BCUT2D eigenvalue weighted by molar-refractivity contribution is 7.15. The fraction of sp³-hybridized carbons (Fsp3) is 0.194. The van der Waals surface area contributed by atoms with E-state index in [1.807, 2.05) is 78.6 Å². The van der Waals surface area contributed by atoms with E-state index in [0.29, 0.717) is 16.7 Å². The van der Waals surface area contributed by atoms with Crippen LogP contribution in [0.3, 0.4) is 0 Å². The van der Waals surface area contributed by atoms with E-state index in [9.17, 15) is 4.79 Å². The molecule has 0 spiro atoms. The van der Waals surface area contributed by atoms with Gasteiger partial charge in [-0.1, -0.05) is 41.4 Å². The summed E-state index contributed by atoms with van der Waals surface area (Å²) >= 11 is 7.81. The quantitative estimate of drug-likeness (QED) is 0.266. The van der Waals surface area contributed by atoms with Crippen LogP contribution in [0.5, 0.6) is 0 Å². The minimum Gasteiger partial charge on any atom is -0.327 e. The summed E-state index contributed by atoms with van der Waals surface area (Å²) in [7, 11) is 1.92. The number of nitrogens with zero attached hydrogens (tertiary/aromatic N) is 6. The van der Waals surface area contributed by atoms with E-state index in [0.717, 1.165) is 49.2 Å². The Hall–Kier alpha value is -4.52. The molecule has 1 N–H and O–H groups in total. The summed E-state index contributed by atoms with van der Waals surface area (Å²) in [6, 6.07) is 14.8. The van der Waals surface area contributed by atoms with Crippen molar-refractivity contribution in [2.45, 2.75) is 33.2 Å². The van der Waals surface area contributed by atoms with Crippen molar-refractivity contribution in [2.75, 3.05) is 5.32 Å². The third-order valence-electron chi connectivity index (χ3n) is 6.95. The molecule has 0 unspecified atom stereocenters. The zero-order valence-electron chi connectivity index (χ0n) is 22.9. The second kappa shape index (κ2) is 10.8. The van der Waals surface area contributed by atoms with Gasteiger partial charge in [0.1, 0.15) is 22.6 Å². The van der Waals surface area contributed by atoms with Crippen LogP contribution in [0.15, 0.2) is 66.0 Å². The molecule has 0 bridgehead atoms. The van der Waals surface area contributed by atoms with E-state index in [-0.39, 0.29) is 12.3 Å². The van der Waals surface area contributed by atoms with Crippen molar-refractivity contribution in [3.63, 3.8) is 0 Å². The first-order chi connectivity index (χ1) is 19.8. The number of hydrogen-bond acceptors (Lipinski definition) is 6. The molecule has 4 heterocycles. The molecule has 0 saturated carbocycles. The highest BCUT2D eigenvalue weighted by Gasteiger charge is 2.32. The van der Waals surface area contributed by atoms with Gasteiger partial charge in [0, 0.05) is 28.9 Å². The molecule has 8 nitrogen and oxygen atoms in total. The molecule has 1 atom stereocenters. The Morgan fingerprint density at radius 3 is 2.51 bits per heavy atom. The van der Waals surface area contributed by atoms with Gasteiger partial charge in [0.2, 0.25) is 5.91 Å². The SMILES string of the molecule is Cc1ccc(NC(=O)C[C@@H]2N=C(c3ccc(Cl)cc3)c3c(sc(C#Cc4cncn4C)c3C)-n3c(C)nnc32)cc1. The molecule has 6 rings (SSSR count). The summed E-state index contributed by atoms with van der Waals surface area (Å²) in [6.07, 6.45) is 3.58. The van der Waals surface area contributed by atoms with Crippen LogP contribution in [-0.2, 0) is 11.8 Å². The van der Waals surface area contributed by atoms with Gasteiger partial charge in [-0.25, -0.2) is 4.98 Å². The number of nitrogens with one attached hydrogen (secondary N) is 1. The zero-order chi connectivity index (χ0) is 28.7. The molecule has 1 aliphatic rings. The monoisotopic (exact) mass is 579 g/mol. The van der Waals surface area contributed by atoms with Crippen LogP contribution in [0.1, 0.15) is 56.9 Å². The number of amides is 1. The predicted molar refractivity (Wildman–Crippen MR) is 162 cm³/mol. The first-order valence-corrected chi connectivity index (χ1v) is 14.2. The number of hydrogen-bond donors (Lipinski definition) is 1. The molecule has 1 aliphatic heterocycles. The topological polar surface area (TPSA) is 90.0 Å². The van der Waals surface area contributed by atoms with Crippen molar-refractivity contribution < 1.29 is 4.79 Å². The lowest BCUT2D eigenvalue weighted by Crippen LogP contribution is -2.17. The van der Waals surface area contributed by atoms with Crippen molar-refractivity contribution >= 4 is 40.2 Å². The van der Waals surface area contributed by atoms with Gasteiger partial charge < -0.3 is 9.88 Å². The molecule has 0 radical (unpaired) electrons. The molecule has 10 heteroatoms. The first kappa shape index (κ1) is 26.7. The number of carbonyl (C=O) groups excluding carboxylic acids is 1. The molecule has 204 valence electrons. The van der Waals surface area contributed by atoms with Gasteiger partial charge in [-0.05, 0) is 62.4 Å². The van der Waals surface area contributed by atoms with Gasteiger partial charge in [-0.15, -0.1) is 21.5 Å². The van der Waals surface area contributed by atoms with Gasteiger partial charge in [-0.2, -0.15) is 0 Å². The van der Waals surface area contributed by atoms with Crippen molar-refractivity contribution in [3.8, 4) is 16.8 Å². The smallest absolute Gasteiger partial charge is 0.227 e. The maximum atomic E-state index is 13.3. The highest BCUT2D eigenvalue weighted by atomic mass is 35.5. The maximum Gasteiger partial charge on any atom is 0.227 e. The second-order valence-electron chi connectivity index (χ2n) is 9.94. The van der Waals surface area contributed by atoms with E-state index in [1.54, 1.807) is 23.9 Å². The molecule has 1 amide bonds. The number of benzene rings is 2. The summed E-state index contributed by atoms with van der Waals surface area (Å²) in [5.74, 6) is 7.75. The predicted octanol–water partition coefficient (Wildman–Crippen LogP) is 5.96. The lowest BCUT2D eigenvalue weighted by atomic mass is 9.99. The maximum absolute atomic E-state index is 13.3. The Balaban J connectivity index is 1.48. The van der Waals surface area contributed by atoms with Gasteiger partial charge >= 0.3 is 0 Å². The molecular formula is C31H26ClN7OS. The molecule has 41 heavy (non-hydrogen) atoms. The van der Waals surface area contributed by atoms with E-state index < -0.39 is 6.04 Å². The van der Waals surface area contributed by atoms with Gasteiger partial charge in [0.25, 0.3) is 0 Å². The normalized spacial score (nSPS) is 13.9. The molecular weight excluding hydrogens is 554 g/mol. The molecule has 5 aromatic rings. The van der Waals surface area contributed by atoms with Crippen LogP contribution in [0.4, 0.5) is 5.69 Å². The zero-order valence-corrected chi connectivity index (χ0v) is 24.5. The fourth-order valence-electron chi connectivity index (χ4n) is 4.76. The Labute approximate surface area is 246 Å². The van der Waals surface area contributed by atoms with Gasteiger partial charge in [0.05, 0.1) is 29.5 Å². The Morgan fingerprint density at radius 1 is 1.05 bits per heavy atom. The average molecular weight is 580 g/mol. The van der Waals surface area contributed by atoms with E-state index >= 15 is 0 Å². The lowest BCUT2D eigenvalue weighted by molar-refractivity contribution is -0.116. The molecule has 0 fully saturated rings. The highest BCUT2D eigenvalue weighted by Crippen LogP contribution is 2.40. The molecule has 0 aliphatic carbocycles. The molecule has 3 aromatic heterocycles. The number of aromatic nitrogens is 5. The largest absolute Gasteiger partial charge is 0.327 e. The minimum absolute atomic E-state index is 0.101. The number of halogens is 1. The number of carbonyl (C=O) groups is 1. The Kier molecular flexibility index (Phi) is 7.03. The number of imidazole rings is 1. The lowest BCUT2D eigenvalue weighted by Gasteiger charge is -2.13. The molecule has 0 saturated heterocycles. The van der Waals surface area contributed by atoms with E-state index in [2.05, 4.69) is 39.3 Å². The number of aryl methyl sites for hydroxylation is 3. The van der Waals surface area contributed by atoms with Crippen molar-refractivity contribution in [1.29, 1.82) is 0 Å². The summed E-state index contributed by atoms with van der Waals surface area (Å²) < 4.78 is 3.90. The van der Waals surface area contributed by atoms with Crippen LogP contribution in [-0.4, -0.2) is 35.9 Å². The molecule has 2 aromatic carbocycles. The van der Waals surface area contributed by atoms with Gasteiger partial charge in [0.15, 0.2) is 5.82 Å². The average Bonchev–Trinajstić information content (AvgIpc) is 3.61. The van der Waals surface area contributed by atoms with Crippen LogP contribution in [0.2, 0.25) is 5.02 Å². The summed E-state index contributed by atoms with van der Waals surface area (Å²) in [5, 5.41) is 13.5. The third kappa shape index (κ3) is 5.20. The minimum atomic E-state index is -0.560. The number of rotatable bonds is 4. The number of fused-ring (bicyclic) bond motifs is 3. The summed E-state index contributed by atoms with van der Waals surface area (Å²) in [4.78, 5) is 23.5. The third-order valence-corrected chi connectivity index (χ3v) is 8.40. The van der Waals surface area contributed by atoms with Crippen molar-refractivity contribution in [2.24, 2.45) is 12.0 Å². The van der Waals surface area contributed by atoms with Crippen LogP contribution >= 0.6 is 22.9 Å². The fourth-order valence-corrected chi connectivity index (χ4v) is 6.11. The Morgan fingerprint density at radius 2 is 1.80 bits per heavy atom.